The predicted molar refractivity (Wildman–Crippen MR) is 63.0 cm³/mol. The van der Waals surface area contributed by atoms with Crippen molar-refractivity contribution in [2.24, 2.45) is 0 Å². The van der Waals surface area contributed by atoms with Crippen molar-refractivity contribution >= 4 is 11.6 Å². The number of pyridine rings is 1. The van der Waals surface area contributed by atoms with Crippen molar-refractivity contribution in [3.63, 3.8) is 0 Å². The number of anilines is 1. The molecule has 1 aromatic rings. The minimum Gasteiger partial charge on any atom is -0.398 e. The van der Waals surface area contributed by atoms with Crippen LogP contribution in [0.2, 0.25) is 0 Å². The predicted octanol–water partition coefficient (Wildman–Crippen LogP) is 0.299. The minimum atomic E-state index is -0.213. The Morgan fingerprint density at radius 2 is 2.00 bits per heavy atom. The van der Waals surface area contributed by atoms with E-state index in [-0.39, 0.29) is 18.0 Å². The molecule has 0 fully saturated rings. The van der Waals surface area contributed by atoms with E-state index in [1.807, 2.05) is 13.8 Å². The fraction of sp³-hybridized carbons (Fsp3) is 0.455. The number of carbonyl (C=O) groups excluding carboxylic acids is 1. The van der Waals surface area contributed by atoms with Gasteiger partial charge in [0.2, 0.25) is 5.91 Å². The van der Waals surface area contributed by atoms with Crippen LogP contribution in [0.3, 0.4) is 0 Å². The highest BCUT2D eigenvalue weighted by atomic mass is 16.2. The van der Waals surface area contributed by atoms with Gasteiger partial charge in [-0.15, -0.1) is 0 Å². The quantitative estimate of drug-likeness (QED) is 0.798. The molecule has 16 heavy (non-hydrogen) atoms. The van der Waals surface area contributed by atoms with Crippen LogP contribution in [-0.2, 0) is 11.3 Å². The monoisotopic (exact) mass is 223 g/mol. The van der Waals surface area contributed by atoms with Gasteiger partial charge in [-0.2, -0.15) is 0 Å². The fourth-order valence-electron chi connectivity index (χ4n) is 1.50. The number of aromatic nitrogens is 1. The van der Waals surface area contributed by atoms with Crippen molar-refractivity contribution in [1.29, 1.82) is 0 Å². The molecule has 0 aliphatic rings. The molecular formula is C11H17N3O2. The van der Waals surface area contributed by atoms with Crippen LogP contribution in [0.5, 0.6) is 0 Å². The van der Waals surface area contributed by atoms with E-state index >= 15 is 0 Å². The van der Waals surface area contributed by atoms with Crippen LogP contribution in [-0.4, -0.2) is 28.5 Å². The molecule has 1 heterocycles. The van der Waals surface area contributed by atoms with Crippen LogP contribution in [0.15, 0.2) is 23.1 Å². The van der Waals surface area contributed by atoms with Crippen LogP contribution in [0, 0.1) is 0 Å². The van der Waals surface area contributed by atoms with Crippen LogP contribution in [0.25, 0.3) is 0 Å². The Kier molecular flexibility index (Phi) is 4.10. The molecule has 0 saturated heterocycles. The molecule has 0 spiro atoms. The summed E-state index contributed by atoms with van der Waals surface area (Å²) in [4.78, 5) is 24.9. The second-order valence-electron chi connectivity index (χ2n) is 3.49. The van der Waals surface area contributed by atoms with E-state index in [9.17, 15) is 9.59 Å². The largest absolute Gasteiger partial charge is 0.398 e. The molecule has 0 bridgehead atoms. The molecule has 0 radical (unpaired) electrons. The third-order valence-corrected chi connectivity index (χ3v) is 2.43. The smallest absolute Gasteiger partial charge is 0.251 e. The normalized spacial score (nSPS) is 10.1. The maximum Gasteiger partial charge on any atom is 0.251 e. The average Bonchev–Trinajstić information content (AvgIpc) is 2.25. The zero-order valence-electron chi connectivity index (χ0n) is 9.64. The number of nitrogen functional groups attached to an aromatic ring is 1. The molecular weight excluding hydrogens is 206 g/mol. The van der Waals surface area contributed by atoms with Gasteiger partial charge in [-0.3, -0.25) is 9.59 Å². The molecule has 0 unspecified atom stereocenters. The number of hydrogen-bond acceptors (Lipinski definition) is 3. The summed E-state index contributed by atoms with van der Waals surface area (Å²) in [5, 5.41) is 0. The molecule has 88 valence electrons. The molecule has 0 atom stereocenters. The van der Waals surface area contributed by atoms with E-state index in [4.69, 9.17) is 5.73 Å². The highest BCUT2D eigenvalue weighted by Gasteiger charge is 2.10. The van der Waals surface area contributed by atoms with Gasteiger partial charge in [-0.25, -0.2) is 0 Å². The van der Waals surface area contributed by atoms with Crippen LogP contribution >= 0.6 is 0 Å². The van der Waals surface area contributed by atoms with Gasteiger partial charge in [-0.05, 0) is 19.9 Å². The zero-order chi connectivity index (χ0) is 12.1. The lowest BCUT2D eigenvalue weighted by molar-refractivity contribution is -0.131. The maximum absolute atomic E-state index is 11.8. The molecule has 1 aromatic heterocycles. The van der Waals surface area contributed by atoms with Crippen molar-refractivity contribution in [3.05, 3.63) is 28.7 Å². The second kappa shape index (κ2) is 5.34. The molecule has 2 N–H and O–H groups in total. The lowest BCUT2D eigenvalue weighted by Gasteiger charge is -2.19. The molecule has 5 nitrogen and oxygen atoms in total. The van der Waals surface area contributed by atoms with E-state index in [2.05, 4.69) is 0 Å². The van der Waals surface area contributed by atoms with Gasteiger partial charge in [-0.1, -0.05) is 0 Å². The summed E-state index contributed by atoms with van der Waals surface area (Å²) < 4.78 is 1.33. The number of likely N-dealkylation sites (N-methyl/N-ethyl adjacent to an activating group) is 1. The topological polar surface area (TPSA) is 68.3 Å². The van der Waals surface area contributed by atoms with Crippen molar-refractivity contribution in [2.45, 2.75) is 20.4 Å². The van der Waals surface area contributed by atoms with Crippen LogP contribution in [0.4, 0.5) is 5.69 Å². The minimum absolute atomic E-state index is 0.0472. The van der Waals surface area contributed by atoms with E-state index < -0.39 is 0 Å². The van der Waals surface area contributed by atoms with Gasteiger partial charge in [0.25, 0.3) is 5.56 Å². The Morgan fingerprint density at radius 1 is 1.38 bits per heavy atom. The lowest BCUT2D eigenvalue weighted by atomic mass is 10.4. The molecule has 0 aliphatic heterocycles. The number of hydrogen-bond donors (Lipinski definition) is 1. The summed E-state index contributed by atoms with van der Waals surface area (Å²) in [6.45, 7) is 5.15. The zero-order valence-corrected chi connectivity index (χ0v) is 9.64. The number of carbonyl (C=O) groups is 1. The fourth-order valence-corrected chi connectivity index (χ4v) is 1.50. The maximum atomic E-state index is 11.8. The average molecular weight is 223 g/mol. The summed E-state index contributed by atoms with van der Waals surface area (Å²) in [6, 6.07) is 2.89. The third kappa shape index (κ3) is 2.85. The summed E-state index contributed by atoms with van der Waals surface area (Å²) >= 11 is 0. The Balaban J connectivity index is 2.84. The Hall–Kier alpha value is -1.78. The summed E-state index contributed by atoms with van der Waals surface area (Å²) in [6.07, 6.45) is 1.49. The number of nitrogens with zero attached hydrogens (tertiary/aromatic N) is 2. The Morgan fingerprint density at radius 3 is 2.56 bits per heavy atom. The second-order valence-corrected chi connectivity index (χ2v) is 3.49. The van der Waals surface area contributed by atoms with Gasteiger partial charge < -0.3 is 15.2 Å². The number of nitrogens with two attached hydrogens (primary N) is 1. The van der Waals surface area contributed by atoms with Gasteiger partial charge in [0.15, 0.2) is 0 Å². The first-order valence-corrected chi connectivity index (χ1v) is 5.32. The van der Waals surface area contributed by atoms with Crippen molar-refractivity contribution < 1.29 is 4.79 Å². The van der Waals surface area contributed by atoms with Gasteiger partial charge in [0, 0.05) is 31.0 Å². The van der Waals surface area contributed by atoms with Gasteiger partial charge in [0.05, 0.1) is 0 Å². The van der Waals surface area contributed by atoms with E-state index in [0.29, 0.717) is 18.8 Å². The third-order valence-electron chi connectivity index (χ3n) is 2.43. The molecule has 1 rings (SSSR count). The SMILES string of the molecule is CCN(CC)C(=O)Cn1cc(N)ccc1=O. The van der Waals surface area contributed by atoms with Crippen molar-refractivity contribution in [3.8, 4) is 0 Å². The van der Waals surface area contributed by atoms with E-state index in [1.54, 1.807) is 4.90 Å². The van der Waals surface area contributed by atoms with Gasteiger partial charge in [0.1, 0.15) is 6.54 Å². The van der Waals surface area contributed by atoms with Gasteiger partial charge >= 0.3 is 0 Å². The highest BCUT2D eigenvalue weighted by Crippen LogP contribution is 1.97. The highest BCUT2D eigenvalue weighted by molar-refractivity contribution is 5.76. The number of amides is 1. The van der Waals surface area contributed by atoms with Crippen LogP contribution in [0.1, 0.15) is 13.8 Å². The summed E-state index contributed by atoms with van der Waals surface area (Å²) in [5.74, 6) is -0.0716. The first-order valence-electron chi connectivity index (χ1n) is 5.32. The van der Waals surface area contributed by atoms with Crippen LogP contribution < -0.4 is 11.3 Å². The number of rotatable bonds is 4. The van der Waals surface area contributed by atoms with E-state index in [0.717, 1.165) is 0 Å². The molecule has 1 amide bonds. The molecule has 0 saturated carbocycles. The van der Waals surface area contributed by atoms with Crippen molar-refractivity contribution in [2.75, 3.05) is 18.8 Å². The summed E-state index contributed by atoms with van der Waals surface area (Å²) in [7, 11) is 0. The standard InChI is InChI=1S/C11H17N3O2/c1-3-13(4-2)11(16)8-14-7-9(12)5-6-10(14)15/h5-7H,3-4,8,12H2,1-2H3. The summed E-state index contributed by atoms with van der Waals surface area (Å²) in [5.41, 5.74) is 5.83. The molecule has 5 heteroatoms. The first kappa shape index (κ1) is 12.3. The Labute approximate surface area is 94.5 Å². The first-order chi connectivity index (χ1) is 7.58. The molecule has 0 aromatic carbocycles. The molecule has 0 aliphatic carbocycles. The Bertz CT molecular complexity index is 421. The van der Waals surface area contributed by atoms with E-state index in [1.165, 1.54) is 22.9 Å². The lowest BCUT2D eigenvalue weighted by Crippen LogP contribution is -2.36. The van der Waals surface area contributed by atoms with Crippen molar-refractivity contribution in [1.82, 2.24) is 9.47 Å².